The standard InChI is InChI=1S/C24H22O3/c1-18-7-6-8-20(15-18)23(25)13-11-19-12-14-24(26-2)21(16-19)17-27-22-9-4-3-5-10-22/h3-16H,17H2,1-2H3/b13-11+. The van der Waals surface area contributed by atoms with Crippen LogP contribution in [0.4, 0.5) is 0 Å². The Bertz CT molecular complexity index is 943. The maximum Gasteiger partial charge on any atom is 0.185 e. The van der Waals surface area contributed by atoms with Gasteiger partial charge in [-0.1, -0.05) is 54.1 Å². The molecule has 0 saturated carbocycles. The Balaban J connectivity index is 1.75. The Morgan fingerprint density at radius 2 is 1.78 bits per heavy atom. The molecule has 3 nitrogen and oxygen atoms in total. The van der Waals surface area contributed by atoms with Gasteiger partial charge in [0.2, 0.25) is 0 Å². The first-order valence-electron chi connectivity index (χ1n) is 8.79. The van der Waals surface area contributed by atoms with E-state index in [-0.39, 0.29) is 5.78 Å². The molecule has 0 heterocycles. The molecule has 0 bridgehead atoms. The molecule has 0 aliphatic rings. The molecule has 27 heavy (non-hydrogen) atoms. The van der Waals surface area contributed by atoms with Crippen LogP contribution in [-0.2, 0) is 6.61 Å². The van der Waals surface area contributed by atoms with E-state index in [4.69, 9.17) is 9.47 Å². The molecule has 0 aliphatic heterocycles. The number of carbonyl (C=O) groups is 1. The molecule has 136 valence electrons. The van der Waals surface area contributed by atoms with E-state index in [1.165, 1.54) is 0 Å². The normalized spacial score (nSPS) is 10.7. The highest BCUT2D eigenvalue weighted by Crippen LogP contribution is 2.23. The van der Waals surface area contributed by atoms with Crippen LogP contribution in [0.2, 0.25) is 0 Å². The van der Waals surface area contributed by atoms with Crippen LogP contribution in [0.1, 0.15) is 27.0 Å². The molecule has 0 unspecified atom stereocenters. The second kappa shape index (κ2) is 8.86. The number of para-hydroxylation sites is 1. The summed E-state index contributed by atoms with van der Waals surface area (Å²) in [5, 5.41) is 0. The quantitative estimate of drug-likeness (QED) is 0.414. The minimum atomic E-state index is -0.0170. The van der Waals surface area contributed by atoms with E-state index < -0.39 is 0 Å². The smallest absolute Gasteiger partial charge is 0.185 e. The number of hydrogen-bond acceptors (Lipinski definition) is 3. The number of carbonyl (C=O) groups excluding carboxylic acids is 1. The molecule has 0 aromatic heterocycles. The lowest BCUT2D eigenvalue weighted by Gasteiger charge is -2.11. The van der Waals surface area contributed by atoms with Crippen LogP contribution < -0.4 is 9.47 Å². The SMILES string of the molecule is COc1ccc(/C=C/C(=O)c2cccc(C)c2)cc1COc1ccccc1. The molecule has 0 amide bonds. The first-order valence-corrected chi connectivity index (χ1v) is 8.79. The molecule has 0 atom stereocenters. The van der Waals surface area contributed by atoms with Crippen molar-refractivity contribution in [2.45, 2.75) is 13.5 Å². The minimum absolute atomic E-state index is 0.0170. The summed E-state index contributed by atoms with van der Waals surface area (Å²) in [6.07, 6.45) is 3.41. The summed E-state index contributed by atoms with van der Waals surface area (Å²) in [6, 6.07) is 23.0. The number of allylic oxidation sites excluding steroid dienone is 1. The molecule has 3 heteroatoms. The minimum Gasteiger partial charge on any atom is -0.496 e. The highest BCUT2D eigenvalue weighted by atomic mass is 16.5. The molecule has 0 fully saturated rings. The van der Waals surface area contributed by atoms with Gasteiger partial charge >= 0.3 is 0 Å². The highest BCUT2D eigenvalue weighted by Gasteiger charge is 2.06. The van der Waals surface area contributed by atoms with Crippen molar-refractivity contribution < 1.29 is 14.3 Å². The predicted octanol–water partition coefficient (Wildman–Crippen LogP) is 5.48. The van der Waals surface area contributed by atoms with Gasteiger partial charge < -0.3 is 9.47 Å². The summed E-state index contributed by atoms with van der Waals surface area (Å²) in [5.41, 5.74) is 3.60. The van der Waals surface area contributed by atoms with Gasteiger partial charge in [0.25, 0.3) is 0 Å². The number of aryl methyl sites for hydroxylation is 1. The van der Waals surface area contributed by atoms with Gasteiger partial charge in [-0.3, -0.25) is 4.79 Å². The number of ketones is 1. The molecule has 0 saturated heterocycles. The van der Waals surface area contributed by atoms with E-state index in [0.29, 0.717) is 12.2 Å². The van der Waals surface area contributed by atoms with E-state index >= 15 is 0 Å². The third-order valence-electron chi connectivity index (χ3n) is 4.17. The summed E-state index contributed by atoms with van der Waals surface area (Å²) in [6.45, 7) is 2.36. The average molecular weight is 358 g/mol. The van der Waals surface area contributed by atoms with Gasteiger partial charge in [-0.2, -0.15) is 0 Å². The lowest BCUT2D eigenvalue weighted by Crippen LogP contribution is -1.99. The molecular formula is C24H22O3. The summed E-state index contributed by atoms with van der Waals surface area (Å²) in [4.78, 5) is 12.4. The second-order valence-electron chi connectivity index (χ2n) is 6.24. The zero-order valence-electron chi connectivity index (χ0n) is 15.5. The van der Waals surface area contributed by atoms with Crippen LogP contribution in [0.25, 0.3) is 6.08 Å². The molecule has 3 aromatic carbocycles. The number of methoxy groups -OCH3 is 1. The van der Waals surface area contributed by atoms with Crippen LogP contribution in [0, 0.1) is 6.92 Å². The number of benzene rings is 3. The van der Waals surface area contributed by atoms with Crippen LogP contribution >= 0.6 is 0 Å². The van der Waals surface area contributed by atoms with Crippen LogP contribution in [0.3, 0.4) is 0 Å². The summed E-state index contributed by atoms with van der Waals surface area (Å²) in [5.74, 6) is 1.54. The third kappa shape index (κ3) is 5.08. The second-order valence-corrected chi connectivity index (χ2v) is 6.24. The Labute approximate surface area is 159 Å². The molecular weight excluding hydrogens is 336 g/mol. The molecule has 0 radical (unpaired) electrons. The molecule has 3 aromatic rings. The Morgan fingerprint density at radius 3 is 2.52 bits per heavy atom. The van der Waals surface area contributed by atoms with E-state index in [1.54, 1.807) is 13.2 Å². The van der Waals surface area contributed by atoms with E-state index in [1.807, 2.05) is 85.8 Å². The Kier molecular flexibility index (Phi) is 6.06. The Morgan fingerprint density at radius 1 is 0.963 bits per heavy atom. The summed E-state index contributed by atoms with van der Waals surface area (Å²) >= 11 is 0. The largest absolute Gasteiger partial charge is 0.496 e. The van der Waals surface area contributed by atoms with E-state index in [0.717, 1.165) is 28.2 Å². The number of rotatable bonds is 7. The molecule has 3 rings (SSSR count). The fourth-order valence-corrected chi connectivity index (χ4v) is 2.76. The molecule has 0 aliphatic carbocycles. The summed E-state index contributed by atoms with van der Waals surface area (Å²) < 4.78 is 11.3. The van der Waals surface area contributed by atoms with Crippen molar-refractivity contribution in [3.63, 3.8) is 0 Å². The van der Waals surface area contributed by atoms with Crippen molar-refractivity contribution in [2.24, 2.45) is 0 Å². The van der Waals surface area contributed by atoms with Gasteiger partial charge in [0.05, 0.1) is 7.11 Å². The van der Waals surface area contributed by atoms with E-state index in [2.05, 4.69) is 0 Å². The average Bonchev–Trinajstić information content (AvgIpc) is 2.71. The van der Waals surface area contributed by atoms with Gasteiger partial charge in [-0.25, -0.2) is 0 Å². The van der Waals surface area contributed by atoms with Crippen LogP contribution in [0.5, 0.6) is 11.5 Å². The predicted molar refractivity (Wildman–Crippen MR) is 108 cm³/mol. The molecule has 0 N–H and O–H groups in total. The number of ether oxygens (including phenoxy) is 2. The maximum atomic E-state index is 12.4. The zero-order chi connectivity index (χ0) is 19.1. The van der Waals surface area contributed by atoms with Crippen molar-refractivity contribution in [3.05, 3.63) is 101 Å². The van der Waals surface area contributed by atoms with Gasteiger partial charge in [-0.15, -0.1) is 0 Å². The van der Waals surface area contributed by atoms with Gasteiger partial charge in [0.1, 0.15) is 18.1 Å². The van der Waals surface area contributed by atoms with Crippen molar-refractivity contribution in [2.75, 3.05) is 7.11 Å². The topological polar surface area (TPSA) is 35.5 Å². The van der Waals surface area contributed by atoms with Crippen LogP contribution in [-0.4, -0.2) is 12.9 Å². The van der Waals surface area contributed by atoms with Gasteiger partial charge in [0, 0.05) is 11.1 Å². The fraction of sp³-hybridized carbons (Fsp3) is 0.125. The number of hydrogen-bond donors (Lipinski definition) is 0. The van der Waals surface area contributed by atoms with Crippen molar-refractivity contribution in [1.82, 2.24) is 0 Å². The first kappa shape index (κ1) is 18.5. The fourth-order valence-electron chi connectivity index (χ4n) is 2.76. The van der Waals surface area contributed by atoms with Crippen LogP contribution in [0.15, 0.2) is 78.9 Å². The van der Waals surface area contributed by atoms with Gasteiger partial charge in [0.15, 0.2) is 5.78 Å². The monoisotopic (exact) mass is 358 g/mol. The zero-order valence-corrected chi connectivity index (χ0v) is 15.5. The van der Waals surface area contributed by atoms with Crippen molar-refractivity contribution in [1.29, 1.82) is 0 Å². The summed E-state index contributed by atoms with van der Waals surface area (Å²) in [7, 11) is 1.64. The third-order valence-corrected chi connectivity index (χ3v) is 4.17. The van der Waals surface area contributed by atoms with Gasteiger partial charge in [-0.05, 0) is 48.9 Å². The first-order chi connectivity index (χ1) is 13.2. The lowest BCUT2D eigenvalue weighted by molar-refractivity contribution is 0.104. The van der Waals surface area contributed by atoms with Crippen molar-refractivity contribution in [3.8, 4) is 11.5 Å². The van der Waals surface area contributed by atoms with Crippen molar-refractivity contribution >= 4 is 11.9 Å². The lowest BCUT2D eigenvalue weighted by atomic mass is 10.1. The Hall–Kier alpha value is -3.33. The maximum absolute atomic E-state index is 12.4. The highest BCUT2D eigenvalue weighted by molar-refractivity contribution is 6.06. The molecule has 0 spiro atoms. The van der Waals surface area contributed by atoms with E-state index in [9.17, 15) is 4.79 Å².